The van der Waals surface area contributed by atoms with Gasteiger partial charge in [0, 0.05) is 25.4 Å². The van der Waals surface area contributed by atoms with E-state index in [1.807, 2.05) is 11.7 Å². The number of aryl methyl sites for hydroxylation is 2. The van der Waals surface area contributed by atoms with E-state index in [9.17, 15) is 0 Å². The van der Waals surface area contributed by atoms with Crippen LogP contribution in [0.25, 0.3) is 0 Å². The fraction of sp³-hybridized carbons (Fsp3) is 0.700. The topological polar surface area (TPSA) is 29.9 Å². The second kappa shape index (κ2) is 3.40. The molecule has 0 spiro atoms. The molecule has 3 nitrogen and oxygen atoms in total. The maximum absolute atomic E-state index is 4.35. The highest BCUT2D eigenvalue weighted by molar-refractivity contribution is 5.35. The summed E-state index contributed by atoms with van der Waals surface area (Å²) in [6.07, 6.45) is 4.19. The molecule has 0 aromatic carbocycles. The van der Waals surface area contributed by atoms with Crippen molar-refractivity contribution in [1.29, 1.82) is 0 Å². The molecular weight excluding hydrogens is 162 g/mol. The summed E-state index contributed by atoms with van der Waals surface area (Å²) in [5.74, 6) is 1.91. The summed E-state index contributed by atoms with van der Waals surface area (Å²) >= 11 is 0. The minimum atomic E-state index is 0.891. The molecule has 1 aromatic heterocycles. The van der Waals surface area contributed by atoms with Crippen molar-refractivity contribution < 1.29 is 0 Å². The van der Waals surface area contributed by atoms with Crippen LogP contribution in [0, 0.1) is 12.8 Å². The van der Waals surface area contributed by atoms with E-state index < -0.39 is 0 Å². The normalized spacial score (nSPS) is 17.1. The Labute approximate surface area is 79.1 Å². The highest BCUT2D eigenvalue weighted by Gasteiger charge is 2.16. The van der Waals surface area contributed by atoms with Gasteiger partial charge in [0.1, 0.15) is 5.82 Å². The number of nitrogens with zero attached hydrogens (tertiary/aromatic N) is 2. The molecule has 1 aromatic rings. The number of rotatable bonds is 3. The van der Waals surface area contributed by atoms with E-state index in [-0.39, 0.29) is 0 Å². The summed E-state index contributed by atoms with van der Waals surface area (Å²) < 4.78 is 1.91. The standard InChI is InChI=1S/C10H17N3/c1-8-6-10(12-13(8)2)11-7-9-4-3-5-9/h6,9H,3-5,7H2,1-2H3,(H,11,12). The van der Waals surface area contributed by atoms with Crippen molar-refractivity contribution in [2.24, 2.45) is 13.0 Å². The molecule has 0 amide bonds. The van der Waals surface area contributed by atoms with E-state index in [2.05, 4.69) is 23.4 Å². The third kappa shape index (κ3) is 1.85. The van der Waals surface area contributed by atoms with E-state index in [1.54, 1.807) is 0 Å². The van der Waals surface area contributed by atoms with Gasteiger partial charge in [-0.25, -0.2) is 0 Å². The summed E-state index contributed by atoms with van der Waals surface area (Å²) in [6, 6.07) is 2.10. The van der Waals surface area contributed by atoms with Gasteiger partial charge >= 0.3 is 0 Å². The predicted molar refractivity (Wildman–Crippen MR) is 53.8 cm³/mol. The molecule has 1 aliphatic carbocycles. The minimum absolute atomic E-state index is 0.891. The highest BCUT2D eigenvalue weighted by Crippen LogP contribution is 2.26. The number of aromatic nitrogens is 2. The molecule has 3 heteroatoms. The Morgan fingerprint density at radius 3 is 2.85 bits per heavy atom. The zero-order valence-electron chi connectivity index (χ0n) is 8.38. The van der Waals surface area contributed by atoms with Crippen molar-refractivity contribution in [2.75, 3.05) is 11.9 Å². The summed E-state index contributed by atoms with van der Waals surface area (Å²) in [6.45, 7) is 3.16. The van der Waals surface area contributed by atoms with Gasteiger partial charge < -0.3 is 5.32 Å². The smallest absolute Gasteiger partial charge is 0.148 e. The van der Waals surface area contributed by atoms with Crippen LogP contribution in [-0.4, -0.2) is 16.3 Å². The zero-order valence-corrected chi connectivity index (χ0v) is 8.38. The number of nitrogens with one attached hydrogen (secondary N) is 1. The molecule has 0 bridgehead atoms. The molecule has 1 saturated carbocycles. The van der Waals surface area contributed by atoms with Gasteiger partial charge in [0.15, 0.2) is 0 Å². The van der Waals surface area contributed by atoms with Crippen molar-refractivity contribution >= 4 is 5.82 Å². The SMILES string of the molecule is Cc1cc(NCC2CCC2)nn1C. The summed E-state index contributed by atoms with van der Waals surface area (Å²) in [5.41, 5.74) is 1.20. The van der Waals surface area contributed by atoms with Gasteiger partial charge in [0.25, 0.3) is 0 Å². The first-order chi connectivity index (χ1) is 6.25. The van der Waals surface area contributed by atoms with E-state index in [4.69, 9.17) is 0 Å². The summed E-state index contributed by atoms with van der Waals surface area (Å²) in [7, 11) is 1.98. The Balaban J connectivity index is 1.86. The van der Waals surface area contributed by atoms with E-state index in [0.29, 0.717) is 0 Å². The van der Waals surface area contributed by atoms with Gasteiger partial charge in [-0.15, -0.1) is 0 Å². The molecule has 0 aliphatic heterocycles. The van der Waals surface area contributed by atoms with Gasteiger partial charge in [0.2, 0.25) is 0 Å². The maximum atomic E-state index is 4.35. The lowest BCUT2D eigenvalue weighted by Gasteiger charge is -2.25. The van der Waals surface area contributed by atoms with Crippen LogP contribution >= 0.6 is 0 Å². The Hall–Kier alpha value is -0.990. The Bertz CT molecular complexity index is 267. The van der Waals surface area contributed by atoms with Gasteiger partial charge in [0.05, 0.1) is 0 Å². The molecular formula is C10H17N3. The lowest BCUT2D eigenvalue weighted by Crippen LogP contribution is -2.21. The fourth-order valence-corrected chi connectivity index (χ4v) is 1.59. The molecule has 1 N–H and O–H groups in total. The molecule has 1 aliphatic rings. The third-order valence-electron chi connectivity index (χ3n) is 2.91. The lowest BCUT2D eigenvalue weighted by molar-refractivity contribution is 0.333. The van der Waals surface area contributed by atoms with E-state index >= 15 is 0 Å². The molecule has 0 atom stereocenters. The van der Waals surface area contributed by atoms with Gasteiger partial charge in [-0.3, -0.25) is 4.68 Å². The first kappa shape index (κ1) is 8.60. The van der Waals surface area contributed by atoms with Crippen LogP contribution in [0.15, 0.2) is 6.07 Å². The predicted octanol–water partition coefficient (Wildman–Crippen LogP) is 1.94. The van der Waals surface area contributed by atoms with E-state index in [0.717, 1.165) is 18.3 Å². The van der Waals surface area contributed by atoms with Crippen molar-refractivity contribution in [3.05, 3.63) is 11.8 Å². The Morgan fingerprint density at radius 2 is 2.38 bits per heavy atom. The van der Waals surface area contributed by atoms with Crippen LogP contribution in [-0.2, 0) is 7.05 Å². The van der Waals surface area contributed by atoms with Crippen LogP contribution in [0.4, 0.5) is 5.82 Å². The van der Waals surface area contributed by atoms with Gasteiger partial charge in [-0.05, 0) is 25.7 Å². The summed E-state index contributed by atoms with van der Waals surface area (Å²) in [5, 5.41) is 7.72. The maximum Gasteiger partial charge on any atom is 0.148 e. The van der Waals surface area contributed by atoms with Crippen LogP contribution in [0.5, 0.6) is 0 Å². The van der Waals surface area contributed by atoms with E-state index in [1.165, 1.54) is 25.0 Å². The van der Waals surface area contributed by atoms with Gasteiger partial charge in [-0.2, -0.15) is 5.10 Å². The zero-order chi connectivity index (χ0) is 9.26. The average Bonchev–Trinajstić information content (AvgIpc) is 2.28. The van der Waals surface area contributed by atoms with Crippen molar-refractivity contribution in [2.45, 2.75) is 26.2 Å². The first-order valence-corrected chi connectivity index (χ1v) is 5.00. The molecule has 0 radical (unpaired) electrons. The molecule has 2 rings (SSSR count). The average molecular weight is 179 g/mol. The molecule has 0 saturated heterocycles. The third-order valence-corrected chi connectivity index (χ3v) is 2.91. The number of hydrogen-bond donors (Lipinski definition) is 1. The molecule has 1 fully saturated rings. The largest absolute Gasteiger partial charge is 0.368 e. The second-order valence-electron chi connectivity index (χ2n) is 3.97. The van der Waals surface area contributed by atoms with Crippen LogP contribution in [0.1, 0.15) is 25.0 Å². The fourth-order valence-electron chi connectivity index (χ4n) is 1.59. The number of hydrogen-bond acceptors (Lipinski definition) is 2. The first-order valence-electron chi connectivity index (χ1n) is 5.00. The van der Waals surface area contributed by atoms with Crippen LogP contribution in [0.2, 0.25) is 0 Å². The lowest BCUT2D eigenvalue weighted by atomic mass is 9.85. The monoisotopic (exact) mass is 179 g/mol. The van der Waals surface area contributed by atoms with Crippen molar-refractivity contribution in [3.63, 3.8) is 0 Å². The molecule has 72 valence electrons. The molecule has 0 unspecified atom stereocenters. The quantitative estimate of drug-likeness (QED) is 0.768. The van der Waals surface area contributed by atoms with Crippen molar-refractivity contribution in [1.82, 2.24) is 9.78 Å². The Kier molecular flexibility index (Phi) is 2.25. The number of anilines is 1. The minimum Gasteiger partial charge on any atom is -0.368 e. The Morgan fingerprint density at radius 1 is 1.62 bits per heavy atom. The molecule has 1 heterocycles. The highest BCUT2D eigenvalue weighted by atomic mass is 15.3. The van der Waals surface area contributed by atoms with Crippen LogP contribution < -0.4 is 5.32 Å². The molecule has 13 heavy (non-hydrogen) atoms. The summed E-state index contributed by atoms with van der Waals surface area (Å²) in [4.78, 5) is 0. The van der Waals surface area contributed by atoms with Gasteiger partial charge in [-0.1, -0.05) is 6.42 Å². The van der Waals surface area contributed by atoms with Crippen LogP contribution in [0.3, 0.4) is 0 Å². The second-order valence-corrected chi connectivity index (χ2v) is 3.97. The van der Waals surface area contributed by atoms with Crippen molar-refractivity contribution in [3.8, 4) is 0 Å².